The van der Waals surface area contributed by atoms with Gasteiger partial charge in [0.25, 0.3) is 0 Å². The fourth-order valence-corrected chi connectivity index (χ4v) is 4.10. The Morgan fingerprint density at radius 3 is 2.06 bits per heavy atom. The van der Waals surface area contributed by atoms with Crippen molar-refractivity contribution in [1.29, 1.82) is 0 Å². The Labute approximate surface area is 115 Å². The van der Waals surface area contributed by atoms with Gasteiger partial charge in [0.15, 0.2) is 0 Å². The molecule has 0 fully saturated rings. The first-order valence-electron chi connectivity index (χ1n) is 5.23. The molecule has 0 nitrogen and oxygen atoms in total. The van der Waals surface area contributed by atoms with E-state index >= 15 is 0 Å². The van der Waals surface area contributed by atoms with E-state index in [1.165, 1.54) is 12.7 Å². The summed E-state index contributed by atoms with van der Waals surface area (Å²) in [4.78, 5) is 0. The van der Waals surface area contributed by atoms with E-state index in [-0.39, 0.29) is 21.2 Å². The number of benzene rings is 2. The molecule has 0 unspecified atom stereocenters. The number of hydrogen-bond acceptors (Lipinski definition) is 0. The summed E-state index contributed by atoms with van der Waals surface area (Å²) in [5.41, 5.74) is 1.41. The van der Waals surface area contributed by atoms with Crippen molar-refractivity contribution >= 4 is 15.9 Å². The van der Waals surface area contributed by atoms with Gasteiger partial charge in [-0.25, -0.2) is 0 Å². The molecule has 0 bridgehead atoms. The van der Waals surface area contributed by atoms with E-state index in [1.807, 2.05) is 0 Å². The number of hydrogen-bond donors (Lipinski definition) is 0. The van der Waals surface area contributed by atoms with Crippen LogP contribution in [0.1, 0.15) is 5.56 Å². The van der Waals surface area contributed by atoms with Crippen molar-refractivity contribution in [2.45, 2.75) is 6.42 Å². The Kier molecular flexibility index (Phi) is 4.85. The number of aryl methyl sites for hydroxylation is 1. The number of rotatable bonds is 4. The summed E-state index contributed by atoms with van der Waals surface area (Å²) in [5.74, 6) is 0. The van der Waals surface area contributed by atoms with Gasteiger partial charge in [0.05, 0.1) is 0 Å². The minimum atomic E-state index is -0.00559. The van der Waals surface area contributed by atoms with Crippen molar-refractivity contribution in [2.75, 3.05) is 5.33 Å². The van der Waals surface area contributed by atoms with Crippen molar-refractivity contribution in [3.05, 3.63) is 67.3 Å². The molecule has 16 heavy (non-hydrogen) atoms. The minimum absolute atomic E-state index is 0.00559. The second kappa shape index (κ2) is 6.40. The van der Waals surface area contributed by atoms with Gasteiger partial charge in [0, 0.05) is 0 Å². The molecule has 2 aromatic rings. The SMILES string of the molecule is BrCCc1ccc([I-]c2ccccc2)cc1. The van der Waals surface area contributed by atoms with Gasteiger partial charge in [0.2, 0.25) is 0 Å². The van der Waals surface area contributed by atoms with Crippen LogP contribution in [0.2, 0.25) is 0 Å². The zero-order chi connectivity index (χ0) is 11.2. The molecule has 0 saturated heterocycles. The molecule has 0 aliphatic heterocycles. The monoisotopic (exact) mass is 387 g/mol. The molecular weight excluding hydrogens is 375 g/mol. The Bertz CT molecular complexity index is 422. The van der Waals surface area contributed by atoms with E-state index in [2.05, 4.69) is 70.5 Å². The fraction of sp³-hybridized carbons (Fsp3) is 0.143. The predicted octanol–water partition coefficient (Wildman–Crippen LogP) is 0.752. The van der Waals surface area contributed by atoms with Crippen molar-refractivity contribution in [3.8, 4) is 0 Å². The van der Waals surface area contributed by atoms with Gasteiger partial charge in [-0.15, -0.1) is 0 Å². The van der Waals surface area contributed by atoms with E-state index in [4.69, 9.17) is 0 Å². The molecule has 0 aliphatic carbocycles. The first-order chi connectivity index (χ1) is 7.88. The zero-order valence-electron chi connectivity index (χ0n) is 8.87. The molecule has 2 aromatic carbocycles. The average Bonchev–Trinajstić information content (AvgIpc) is 2.33. The maximum atomic E-state index is 3.47. The summed E-state index contributed by atoms with van der Waals surface area (Å²) in [6.07, 6.45) is 1.12. The van der Waals surface area contributed by atoms with E-state index in [0.717, 1.165) is 11.8 Å². The zero-order valence-corrected chi connectivity index (χ0v) is 12.6. The topological polar surface area (TPSA) is 0 Å². The standard InChI is InChI=1S/C14H13BrI/c15-11-10-12-6-8-14(9-7-12)16-13-4-2-1-3-5-13/h1-9H,10-11H2/q-1. The maximum absolute atomic E-state index is 3.47. The molecule has 2 heteroatoms. The number of alkyl halides is 1. The van der Waals surface area contributed by atoms with Crippen LogP contribution in [0.4, 0.5) is 0 Å². The van der Waals surface area contributed by atoms with E-state index < -0.39 is 0 Å². The summed E-state index contributed by atoms with van der Waals surface area (Å²) in [6, 6.07) is 19.8. The van der Waals surface area contributed by atoms with Crippen LogP contribution in [0.15, 0.2) is 54.6 Å². The van der Waals surface area contributed by atoms with Crippen LogP contribution in [0.25, 0.3) is 0 Å². The van der Waals surface area contributed by atoms with Crippen LogP contribution >= 0.6 is 15.9 Å². The van der Waals surface area contributed by atoms with Gasteiger partial charge in [-0.05, 0) is 0 Å². The summed E-state index contributed by atoms with van der Waals surface area (Å²) in [7, 11) is 0. The Balaban J connectivity index is 2.05. The van der Waals surface area contributed by atoms with E-state index in [9.17, 15) is 0 Å². The van der Waals surface area contributed by atoms with Gasteiger partial charge in [-0.1, -0.05) is 0 Å². The second-order valence-corrected chi connectivity index (χ2v) is 7.28. The summed E-state index contributed by atoms with van der Waals surface area (Å²) in [6.45, 7) is 0. The van der Waals surface area contributed by atoms with Gasteiger partial charge in [-0.3, -0.25) is 0 Å². The third-order valence-electron chi connectivity index (χ3n) is 2.25. The second-order valence-electron chi connectivity index (χ2n) is 3.46. The van der Waals surface area contributed by atoms with Gasteiger partial charge < -0.3 is 0 Å². The van der Waals surface area contributed by atoms with Crippen LogP contribution in [0, 0.1) is 7.14 Å². The fourth-order valence-electron chi connectivity index (χ4n) is 1.43. The normalized spacial score (nSPS) is 10.6. The molecule has 0 N–H and O–H groups in total. The molecule has 0 amide bonds. The summed E-state index contributed by atoms with van der Waals surface area (Å²) < 4.78 is 2.97. The first kappa shape index (κ1) is 12.1. The number of halogens is 2. The van der Waals surface area contributed by atoms with Crippen molar-refractivity contribution in [2.24, 2.45) is 0 Å². The quantitative estimate of drug-likeness (QED) is 0.536. The molecule has 0 radical (unpaired) electrons. The van der Waals surface area contributed by atoms with Crippen molar-refractivity contribution in [3.63, 3.8) is 0 Å². The molecule has 0 spiro atoms. The van der Waals surface area contributed by atoms with Gasteiger partial charge >= 0.3 is 116 Å². The van der Waals surface area contributed by atoms with Crippen LogP contribution < -0.4 is 21.2 Å². The third-order valence-corrected chi connectivity index (χ3v) is 5.33. The molecular formula is C14H13BrI-. The van der Waals surface area contributed by atoms with Crippen LogP contribution in [-0.4, -0.2) is 5.33 Å². The van der Waals surface area contributed by atoms with Crippen LogP contribution in [0.5, 0.6) is 0 Å². The van der Waals surface area contributed by atoms with Crippen molar-refractivity contribution < 1.29 is 21.2 Å². The van der Waals surface area contributed by atoms with Gasteiger partial charge in [-0.2, -0.15) is 0 Å². The molecule has 0 aliphatic rings. The molecule has 0 saturated carbocycles. The third kappa shape index (κ3) is 3.59. The molecule has 0 aromatic heterocycles. The van der Waals surface area contributed by atoms with Gasteiger partial charge in [0.1, 0.15) is 0 Å². The summed E-state index contributed by atoms with van der Waals surface area (Å²) in [5, 5.41) is 1.04. The first-order valence-corrected chi connectivity index (χ1v) is 8.51. The molecule has 84 valence electrons. The molecule has 0 heterocycles. The van der Waals surface area contributed by atoms with E-state index in [0.29, 0.717) is 0 Å². The average molecular weight is 388 g/mol. The summed E-state index contributed by atoms with van der Waals surface area (Å²) >= 11 is 3.46. The Morgan fingerprint density at radius 2 is 1.44 bits per heavy atom. The van der Waals surface area contributed by atoms with E-state index in [1.54, 1.807) is 0 Å². The molecule has 0 atom stereocenters. The Morgan fingerprint density at radius 1 is 0.812 bits per heavy atom. The molecule has 2 rings (SSSR count). The Hall–Kier alpha value is -0.350. The predicted molar refractivity (Wildman–Crippen MR) is 67.8 cm³/mol. The van der Waals surface area contributed by atoms with Crippen LogP contribution in [0.3, 0.4) is 0 Å². The van der Waals surface area contributed by atoms with Crippen LogP contribution in [-0.2, 0) is 6.42 Å². The van der Waals surface area contributed by atoms with Crippen molar-refractivity contribution in [1.82, 2.24) is 0 Å².